The molecule has 9 rings (SSSR count). The van der Waals surface area contributed by atoms with Crippen molar-refractivity contribution in [3.05, 3.63) is 150 Å². The summed E-state index contributed by atoms with van der Waals surface area (Å²) in [7, 11) is 0. The second-order valence-corrected chi connectivity index (χ2v) is 13.9. The predicted octanol–water partition coefficient (Wildman–Crippen LogP) is 13.0. The van der Waals surface area contributed by atoms with Crippen molar-refractivity contribution in [1.82, 2.24) is 0 Å². The lowest BCUT2D eigenvalue weighted by Gasteiger charge is -2.30. The summed E-state index contributed by atoms with van der Waals surface area (Å²) in [6.07, 6.45) is 6.72. The van der Waals surface area contributed by atoms with Crippen LogP contribution in [0.5, 0.6) is 0 Å². The Kier molecular flexibility index (Phi) is 6.32. The second kappa shape index (κ2) is 10.6. The Balaban J connectivity index is 1.32. The summed E-state index contributed by atoms with van der Waals surface area (Å²) >= 11 is 0. The summed E-state index contributed by atoms with van der Waals surface area (Å²) in [5.41, 5.74) is 10.6. The molecule has 2 aliphatic rings. The van der Waals surface area contributed by atoms with Crippen molar-refractivity contribution in [3.8, 4) is 11.1 Å². The van der Waals surface area contributed by atoms with E-state index in [1.807, 2.05) is 0 Å². The fraction of sp³-hybridized carbons (Fsp3) is 0.200. The maximum absolute atomic E-state index is 2.52. The van der Waals surface area contributed by atoms with Gasteiger partial charge in [0.1, 0.15) is 0 Å². The Hall–Kier alpha value is -4.88. The van der Waals surface area contributed by atoms with Gasteiger partial charge in [0.25, 0.3) is 0 Å². The van der Waals surface area contributed by atoms with E-state index < -0.39 is 0 Å². The van der Waals surface area contributed by atoms with Gasteiger partial charge >= 0.3 is 0 Å². The molecule has 1 heteroatoms. The Morgan fingerprint density at radius 1 is 0.500 bits per heavy atom. The van der Waals surface area contributed by atoms with Crippen LogP contribution in [0.3, 0.4) is 0 Å². The number of benzene rings is 7. The maximum Gasteiger partial charge on any atom is 0.0543 e. The Morgan fingerprint density at radius 3 is 1.70 bits per heavy atom. The molecule has 0 aromatic heterocycles. The van der Waals surface area contributed by atoms with E-state index in [1.54, 1.807) is 0 Å². The molecule has 46 heavy (non-hydrogen) atoms. The zero-order chi connectivity index (χ0) is 30.8. The first-order chi connectivity index (χ1) is 22.6. The van der Waals surface area contributed by atoms with Crippen molar-refractivity contribution in [2.75, 3.05) is 4.90 Å². The van der Waals surface area contributed by atoms with E-state index in [0.717, 1.165) is 0 Å². The Labute approximate surface area is 272 Å². The van der Waals surface area contributed by atoms with Gasteiger partial charge in [-0.1, -0.05) is 136 Å². The zero-order valence-corrected chi connectivity index (χ0v) is 26.8. The minimum atomic E-state index is -0.180. The lowest BCUT2D eigenvalue weighted by atomic mass is 9.79. The molecule has 0 atom stereocenters. The van der Waals surface area contributed by atoms with Crippen LogP contribution in [0.1, 0.15) is 68.6 Å². The van der Waals surface area contributed by atoms with Crippen LogP contribution in [0.4, 0.5) is 17.1 Å². The SMILES string of the molecule is CC1(C)c2cc(N(c3ccccc3)c3ccc(C4CCCCC4)cc3)c3ccccc3c2-c2c1c1ccccc1c1ccccc21. The van der Waals surface area contributed by atoms with Crippen LogP contribution in [0.15, 0.2) is 133 Å². The number of anilines is 3. The van der Waals surface area contributed by atoms with Crippen molar-refractivity contribution in [2.45, 2.75) is 57.3 Å². The molecule has 0 spiro atoms. The van der Waals surface area contributed by atoms with E-state index in [-0.39, 0.29) is 5.41 Å². The summed E-state index contributed by atoms with van der Waals surface area (Å²) in [5, 5.41) is 7.98. The predicted molar refractivity (Wildman–Crippen MR) is 197 cm³/mol. The van der Waals surface area contributed by atoms with Crippen LogP contribution in [0, 0.1) is 0 Å². The van der Waals surface area contributed by atoms with Crippen LogP contribution in [-0.2, 0) is 5.41 Å². The van der Waals surface area contributed by atoms with E-state index in [1.165, 1.54) is 109 Å². The lowest BCUT2D eigenvalue weighted by Crippen LogP contribution is -2.17. The quantitative estimate of drug-likeness (QED) is 0.184. The molecule has 1 nitrogen and oxygen atoms in total. The summed E-state index contributed by atoms with van der Waals surface area (Å²) in [6, 6.07) is 50.1. The summed E-state index contributed by atoms with van der Waals surface area (Å²) < 4.78 is 0. The van der Waals surface area contributed by atoms with E-state index in [9.17, 15) is 0 Å². The van der Waals surface area contributed by atoms with E-state index >= 15 is 0 Å². The highest BCUT2D eigenvalue weighted by Gasteiger charge is 2.40. The average Bonchev–Trinajstić information content (AvgIpc) is 3.36. The third-order valence-electron chi connectivity index (χ3n) is 11.0. The number of rotatable bonds is 4. The summed E-state index contributed by atoms with van der Waals surface area (Å²) in [4.78, 5) is 2.49. The lowest BCUT2D eigenvalue weighted by molar-refractivity contribution is 0.443. The minimum Gasteiger partial charge on any atom is -0.310 e. The van der Waals surface area contributed by atoms with Gasteiger partial charge in [0.2, 0.25) is 0 Å². The molecule has 0 saturated heterocycles. The number of hydrogen-bond donors (Lipinski definition) is 0. The molecule has 1 saturated carbocycles. The second-order valence-electron chi connectivity index (χ2n) is 13.9. The van der Waals surface area contributed by atoms with E-state index in [0.29, 0.717) is 5.92 Å². The van der Waals surface area contributed by atoms with Crippen LogP contribution in [-0.4, -0.2) is 0 Å². The zero-order valence-electron chi connectivity index (χ0n) is 26.8. The first-order valence-electron chi connectivity index (χ1n) is 17.1. The summed E-state index contributed by atoms with van der Waals surface area (Å²) in [5.74, 6) is 0.692. The monoisotopic (exact) mass is 593 g/mol. The molecule has 0 unspecified atom stereocenters. The van der Waals surface area contributed by atoms with Crippen LogP contribution in [0.25, 0.3) is 43.4 Å². The van der Waals surface area contributed by atoms with E-state index in [2.05, 4.69) is 152 Å². The molecule has 224 valence electrons. The first-order valence-corrected chi connectivity index (χ1v) is 17.1. The fourth-order valence-corrected chi connectivity index (χ4v) is 8.82. The molecular formula is C45H39N. The largest absolute Gasteiger partial charge is 0.310 e. The molecule has 7 aromatic rings. The van der Waals surface area contributed by atoms with Crippen LogP contribution in [0.2, 0.25) is 0 Å². The number of hydrogen-bond acceptors (Lipinski definition) is 1. The minimum absolute atomic E-state index is 0.180. The molecular weight excluding hydrogens is 555 g/mol. The topological polar surface area (TPSA) is 3.24 Å². The van der Waals surface area contributed by atoms with Gasteiger partial charge in [-0.05, 0) is 104 Å². The number of nitrogens with zero attached hydrogens (tertiary/aromatic N) is 1. The van der Waals surface area contributed by atoms with Gasteiger partial charge in [-0.25, -0.2) is 0 Å². The first kappa shape index (κ1) is 27.4. The summed E-state index contributed by atoms with van der Waals surface area (Å²) in [6.45, 7) is 4.87. The molecule has 0 bridgehead atoms. The Bertz CT molecular complexity index is 2250. The third kappa shape index (κ3) is 4.07. The van der Waals surface area contributed by atoms with Gasteiger partial charge in [0.05, 0.1) is 5.69 Å². The van der Waals surface area contributed by atoms with Gasteiger partial charge in [0.15, 0.2) is 0 Å². The van der Waals surface area contributed by atoms with Crippen molar-refractivity contribution >= 4 is 49.4 Å². The smallest absolute Gasteiger partial charge is 0.0543 e. The van der Waals surface area contributed by atoms with Gasteiger partial charge < -0.3 is 4.90 Å². The third-order valence-corrected chi connectivity index (χ3v) is 11.0. The number of fused-ring (bicyclic) bond motifs is 10. The molecule has 0 N–H and O–H groups in total. The maximum atomic E-state index is 2.52. The van der Waals surface area contributed by atoms with Crippen LogP contribution < -0.4 is 4.90 Å². The highest BCUT2D eigenvalue weighted by molar-refractivity contribution is 6.22. The molecule has 0 heterocycles. The van der Waals surface area contributed by atoms with Crippen molar-refractivity contribution in [2.24, 2.45) is 0 Å². The molecule has 7 aromatic carbocycles. The fourth-order valence-electron chi connectivity index (χ4n) is 8.82. The van der Waals surface area contributed by atoms with Gasteiger partial charge in [-0.3, -0.25) is 0 Å². The molecule has 0 radical (unpaired) electrons. The molecule has 0 amide bonds. The normalized spacial score (nSPS) is 15.7. The highest BCUT2D eigenvalue weighted by atomic mass is 15.1. The van der Waals surface area contributed by atoms with E-state index in [4.69, 9.17) is 0 Å². The van der Waals surface area contributed by atoms with Gasteiger partial charge in [0, 0.05) is 22.2 Å². The van der Waals surface area contributed by atoms with Crippen LogP contribution >= 0.6 is 0 Å². The standard InChI is InChI=1S/C45H39N/c1-45(2)40-29-41(46(32-17-7-4-8-18-32)33-27-25-31(26-28-33)30-15-5-3-6-16-30)36-21-11-13-23-38(36)42(40)43-37-22-12-9-19-34(37)35-20-10-14-24-39(35)44(43)45/h4,7-14,17-30H,3,5-6,15-16H2,1-2H3. The molecule has 0 aliphatic heterocycles. The Morgan fingerprint density at radius 2 is 1.02 bits per heavy atom. The van der Waals surface area contributed by atoms with Crippen molar-refractivity contribution < 1.29 is 0 Å². The molecule has 2 aliphatic carbocycles. The van der Waals surface area contributed by atoms with Gasteiger partial charge in [-0.15, -0.1) is 0 Å². The van der Waals surface area contributed by atoms with Crippen molar-refractivity contribution in [1.29, 1.82) is 0 Å². The molecule has 1 fully saturated rings. The average molecular weight is 594 g/mol. The number of para-hydroxylation sites is 1. The van der Waals surface area contributed by atoms with Gasteiger partial charge in [-0.2, -0.15) is 0 Å². The van der Waals surface area contributed by atoms with Crippen molar-refractivity contribution in [3.63, 3.8) is 0 Å². The highest BCUT2D eigenvalue weighted by Crippen LogP contribution is 2.58.